The van der Waals surface area contributed by atoms with E-state index in [0.29, 0.717) is 36.0 Å². The Labute approximate surface area is 146 Å². The van der Waals surface area contributed by atoms with Crippen molar-refractivity contribution in [3.05, 3.63) is 41.7 Å². The van der Waals surface area contributed by atoms with Gasteiger partial charge in [0.15, 0.2) is 5.60 Å². The van der Waals surface area contributed by atoms with Gasteiger partial charge in [-0.1, -0.05) is 19.9 Å². The molecule has 1 saturated heterocycles. The van der Waals surface area contributed by atoms with Crippen LogP contribution in [0.1, 0.15) is 49.0 Å². The van der Waals surface area contributed by atoms with Crippen molar-refractivity contribution in [2.45, 2.75) is 45.3 Å². The molecule has 0 aliphatic carbocycles. The number of amidine groups is 1. The first-order chi connectivity index (χ1) is 11.9. The van der Waals surface area contributed by atoms with Gasteiger partial charge >= 0.3 is 0 Å². The van der Waals surface area contributed by atoms with Gasteiger partial charge in [-0.15, -0.1) is 0 Å². The molecule has 1 N–H and O–H groups in total. The summed E-state index contributed by atoms with van der Waals surface area (Å²) in [7, 11) is 0. The number of rotatable bonds is 3. The summed E-state index contributed by atoms with van der Waals surface area (Å²) in [5, 5.41) is 15.4. The second kappa shape index (κ2) is 5.52. The zero-order valence-electron chi connectivity index (χ0n) is 14.7. The number of aryl methyl sites for hydroxylation is 1. The molecule has 2 aliphatic rings. The molecular weight excluding hydrogens is 316 g/mol. The maximum absolute atomic E-state index is 13.1. The minimum atomic E-state index is -1.54. The summed E-state index contributed by atoms with van der Waals surface area (Å²) in [4.78, 5) is 19.6. The minimum Gasteiger partial charge on any atom is -0.374 e. The summed E-state index contributed by atoms with van der Waals surface area (Å²) in [5.41, 5.74) is 1.53. The molecule has 3 heterocycles. The SMILES string of the molecule is CCn1cc(N2CC[C@@]3(O)C(=O)c4cc(C(C)C)ccc4N=C23)cn1. The lowest BCUT2D eigenvalue weighted by atomic mass is 9.86. The fraction of sp³-hybridized carbons (Fsp3) is 0.421. The van der Waals surface area contributed by atoms with Crippen LogP contribution in [0.3, 0.4) is 0 Å². The molecule has 1 aromatic carbocycles. The Kier molecular flexibility index (Phi) is 3.54. The first-order valence-corrected chi connectivity index (χ1v) is 8.74. The van der Waals surface area contributed by atoms with E-state index in [9.17, 15) is 9.90 Å². The molecule has 0 saturated carbocycles. The van der Waals surface area contributed by atoms with Crippen LogP contribution in [-0.2, 0) is 6.54 Å². The fourth-order valence-electron chi connectivity index (χ4n) is 3.53. The summed E-state index contributed by atoms with van der Waals surface area (Å²) >= 11 is 0. The molecule has 6 heteroatoms. The van der Waals surface area contributed by atoms with Crippen molar-refractivity contribution in [2.75, 3.05) is 11.4 Å². The van der Waals surface area contributed by atoms with E-state index in [1.54, 1.807) is 6.20 Å². The van der Waals surface area contributed by atoms with E-state index in [1.165, 1.54) is 0 Å². The molecule has 130 valence electrons. The molecule has 1 atom stereocenters. The molecule has 6 nitrogen and oxygen atoms in total. The van der Waals surface area contributed by atoms with Gasteiger partial charge in [-0.2, -0.15) is 5.10 Å². The quantitative estimate of drug-likeness (QED) is 0.934. The van der Waals surface area contributed by atoms with Gasteiger partial charge in [0.05, 0.1) is 17.6 Å². The molecule has 25 heavy (non-hydrogen) atoms. The summed E-state index contributed by atoms with van der Waals surface area (Å²) in [6.07, 6.45) is 4.00. The monoisotopic (exact) mass is 338 g/mol. The van der Waals surface area contributed by atoms with Crippen LogP contribution < -0.4 is 4.90 Å². The summed E-state index contributed by atoms with van der Waals surface area (Å²) in [6, 6.07) is 5.75. The Bertz CT molecular complexity index is 883. The van der Waals surface area contributed by atoms with Gasteiger partial charge in [0, 0.05) is 31.3 Å². The Morgan fingerprint density at radius 1 is 1.36 bits per heavy atom. The number of fused-ring (bicyclic) bond motifs is 2. The highest BCUT2D eigenvalue weighted by Gasteiger charge is 2.52. The van der Waals surface area contributed by atoms with Crippen molar-refractivity contribution >= 4 is 23.0 Å². The van der Waals surface area contributed by atoms with Crippen LogP contribution in [0.5, 0.6) is 0 Å². The number of aliphatic hydroxyl groups is 1. The van der Waals surface area contributed by atoms with Crippen molar-refractivity contribution in [3.8, 4) is 0 Å². The lowest BCUT2D eigenvalue weighted by Crippen LogP contribution is -2.48. The van der Waals surface area contributed by atoms with Crippen LogP contribution in [0.25, 0.3) is 0 Å². The summed E-state index contributed by atoms with van der Waals surface area (Å²) in [5.74, 6) is 0.483. The maximum atomic E-state index is 13.1. The first kappa shape index (κ1) is 16.0. The van der Waals surface area contributed by atoms with Gasteiger partial charge in [0.2, 0.25) is 5.78 Å². The number of carbonyl (C=O) groups excluding carboxylic acids is 1. The molecular formula is C19H22N4O2. The zero-order valence-corrected chi connectivity index (χ0v) is 14.7. The molecule has 0 bridgehead atoms. The topological polar surface area (TPSA) is 70.7 Å². The Hall–Kier alpha value is -2.47. The third kappa shape index (κ3) is 2.32. The van der Waals surface area contributed by atoms with Crippen LogP contribution in [0.15, 0.2) is 35.6 Å². The Morgan fingerprint density at radius 2 is 2.16 bits per heavy atom. The van der Waals surface area contributed by atoms with Crippen molar-refractivity contribution in [1.29, 1.82) is 0 Å². The van der Waals surface area contributed by atoms with Crippen molar-refractivity contribution in [2.24, 2.45) is 4.99 Å². The van der Waals surface area contributed by atoms with Crippen LogP contribution in [0.4, 0.5) is 11.4 Å². The fourth-order valence-corrected chi connectivity index (χ4v) is 3.53. The van der Waals surface area contributed by atoms with Gasteiger partial charge in [-0.05, 0) is 30.5 Å². The number of nitrogens with zero attached hydrogens (tertiary/aromatic N) is 4. The number of aromatic nitrogens is 2. The van der Waals surface area contributed by atoms with E-state index in [4.69, 9.17) is 0 Å². The number of hydrogen-bond donors (Lipinski definition) is 1. The van der Waals surface area contributed by atoms with E-state index in [2.05, 4.69) is 23.9 Å². The average molecular weight is 338 g/mol. The molecule has 2 aliphatic heterocycles. The lowest BCUT2D eigenvalue weighted by molar-refractivity contribution is 0.0602. The second-order valence-corrected chi connectivity index (χ2v) is 7.01. The Morgan fingerprint density at radius 3 is 2.84 bits per heavy atom. The summed E-state index contributed by atoms with van der Waals surface area (Å²) in [6.45, 7) is 7.50. The van der Waals surface area contributed by atoms with Crippen LogP contribution in [0, 0.1) is 0 Å². The second-order valence-electron chi connectivity index (χ2n) is 7.01. The van der Waals surface area contributed by atoms with Gasteiger partial charge in [-0.25, -0.2) is 4.99 Å². The molecule has 1 aromatic heterocycles. The van der Waals surface area contributed by atoms with E-state index in [-0.39, 0.29) is 5.78 Å². The molecule has 0 radical (unpaired) electrons. The highest BCUT2D eigenvalue weighted by Crippen LogP contribution is 2.40. The third-order valence-electron chi connectivity index (χ3n) is 5.11. The highest BCUT2D eigenvalue weighted by molar-refractivity contribution is 6.28. The predicted octanol–water partition coefficient (Wildman–Crippen LogP) is 2.89. The minimum absolute atomic E-state index is 0.250. The van der Waals surface area contributed by atoms with Crippen LogP contribution >= 0.6 is 0 Å². The third-order valence-corrected chi connectivity index (χ3v) is 5.11. The number of carbonyl (C=O) groups is 1. The number of Topliss-reactive ketones (excluding diaryl/α,β-unsaturated/α-hetero) is 1. The molecule has 0 spiro atoms. The first-order valence-electron chi connectivity index (χ1n) is 8.74. The molecule has 0 amide bonds. The number of aliphatic imine (C=N–C) groups is 1. The summed E-state index contributed by atoms with van der Waals surface area (Å²) < 4.78 is 1.82. The number of anilines is 1. The normalized spacial score (nSPS) is 22.2. The largest absolute Gasteiger partial charge is 0.374 e. The number of benzene rings is 1. The molecule has 0 unspecified atom stereocenters. The van der Waals surface area contributed by atoms with Crippen LogP contribution in [-0.4, -0.2) is 38.7 Å². The van der Waals surface area contributed by atoms with Gasteiger partial charge in [0.25, 0.3) is 0 Å². The van der Waals surface area contributed by atoms with Crippen molar-refractivity contribution < 1.29 is 9.90 Å². The number of ketones is 1. The van der Waals surface area contributed by atoms with E-state index in [1.807, 2.05) is 40.9 Å². The standard InChI is InChI=1S/C19H22N4O2/c1-4-22-11-14(10-20-22)23-8-7-19(25)17(24)15-9-13(12(2)3)5-6-16(15)21-18(19)23/h5-6,9-12,25H,4,7-8H2,1-3H3/t19-/m1/s1. The maximum Gasteiger partial charge on any atom is 0.204 e. The molecule has 2 aromatic rings. The molecule has 1 fully saturated rings. The Balaban J connectivity index is 1.81. The highest BCUT2D eigenvalue weighted by atomic mass is 16.3. The van der Waals surface area contributed by atoms with Crippen molar-refractivity contribution in [1.82, 2.24) is 9.78 Å². The van der Waals surface area contributed by atoms with Crippen LogP contribution in [0.2, 0.25) is 0 Å². The van der Waals surface area contributed by atoms with Gasteiger partial charge in [0.1, 0.15) is 5.84 Å². The molecule has 4 rings (SSSR count). The predicted molar refractivity (Wildman–Crippen MR) is 96.8 cm³/mol. The number of hydrogen-bond acceptors (Lipinski definition) is 5. The van der Waals surface area contributed by atoms with E-state index < -0.39 is 5.60 Å². The van der Waals surface area contributed by atoms with Crippen molar-refractivity contribution in [3.63, 3.8) is 0 Å². The van der Waals surface area contributed by atoms with E-state index in [0.717, 1.165) is 17.8 Å². The average Bonchev–Trinajstić information content (AvgIpc) is 3.20. The van der Waals surface area contributed by atoms with Gasteiger partial charge in [-0.3, -0.25) is 9.48 Å². The zero-order chi connectivity index (χ0) is 17.8. The smallest absolute Gasteiger partial charge is 0.204 e. The van der Waals surface area contributed by atoms with E-state index >= 15 is 0 Å². The van der Waals surface area contributed by atoms with Gasteiger partial charge < -0.3 is 10.0 Å². The lowest BCUT2D eigenvalue weighted by Gasteiger charge is -2.29.